The fraction of sp³-hybridized carbons (Fsp3) is 0.174. The second-order valence-electron chi connectivity index (χ2n) is 6.82. The smallest absolute Gasteiger partial charge is 0.490 e. The van der Waals surface area contributed by atoms with Gasteiger partial charge in [-0.15, -0.1) is 0 Å². The van der Waals surface area contributed by atoms with E-state index in [4.69, 9.17) is 15.6 Å². The van der Waals surface area contributed by atoms with Crippen LogP contribution in [0.2, 0.25) is 0 Å². The highest BCUT2D eigenvalue weighted by Gasteiger charge is 2.38. The Kier molecular flexibility index (Phi) is 8.51. The van der Waals surface area contributed by atoms with E-state index in [9.17, 15) is 28.8 Å². The van der Waals surface area contributed by atoms with Crippen molar-refractivity contribution in [1.29, 1.82) is 10.5 Å². The number of aromatic hydroxyl groups is 1. The van der Waals surface area contributed by atoms with E-state index in [1.165, 1.54) is 12.1 Å². The lowest BCUT2D eigenvalue weighted by Gasteiger charge is -2.13. The monoisotopic (exact) mass is 469 g/mol. The van der Waals surface area contributed by atoms with Gasteiger partial charge in [0.15, 0.2) is 0 Å². The maximum Gasteiger partial charge on any atom is 0.490 e. The average Bonchev–Trinajstić information content (AvgIpc) is 2.79. The number of nitriles is 2. The summed E-state index contributed by atoms with van der Waals surface area (Å²) in [5.41, 5.74) is 8.93. The number of phenols is 1. The van der Waals surface area contributed by atoms with Gasteiger partial charge in [-0.25, -0.2) is 9.78 Å². The molecule has 0 saturated heterocycles. The number of pyridine rings is 2. The molecule has 4 N–H and O–H groups in total. The number of nitrogens with zero attached hydrogens (tertiary/aromatic N) is 4. The van der Waals surface area contributed by atoms with E-state index < -0.39 is 12.1 Å². The Bertz CT molecular complexity index is 1250. The number of halogens is 3. The topological polar surface area (TPSA) is 157 Å². The second kappa shape index (κ2) is 11.3. The quantitative estimate of drug-likeness (QED) is 0.506. The van der Waals surface area contributed by atoms with Crippen molar-refractivity contribution in [1.82, 2.24) is 9.97 Å². The summed E-state index contributed by atoms with van der Waals surface area (Å²) < 4.78 is 31.7. The average molecular weight is 469 g/mol. The highest BCUT2D eigenvalue weighted by molar-refractivity contribution is 5.81. The zero-order valence-corrected chi connectivity index (χ0v) is 17.5. The van der Waals surface area contributed by atoms with Gasteiger partial charge in [0, 0.05) is 17.5 Å². The Hall–Kier alpha value is -4.64. The van der Waals surface area contributed by atoms with Crippen LogP contribution in [0.25, 0.3) is 11.1 Å². The van der Waals surface area contributed by atoms with Gasteiger partial charge >= 0.3 is 12.1 Å². The molecule has 0 atom stereocenters. The minimum atomic E-state index is -5.08. The Morgan fingerprint density at radius 2 is 1.74 bits per heavy atom. The number of aromatic nitrogens is 2. The Balaban J connectivity index is 0.000000509. The Morgan fingerprint density at radius 3 is 2.26 bits per heavy atom. The normalized spacial score (nSPS) is 10.4. The molecule has 0 unspecified atom stereocenters. The molecule has 0 aliphatic carbocycles. The first-order valence-corrected chi connectivity index (χ1v) is 9.70. The number of hydrogen-bond acceptors (Lipinski definition) is 7. The van der Waals surface area contributed by atoms with Crippen molar-refractivity contribution >= 4 is 11.8 Å². The molecule has 2 heterocycles. The number of rotatable bonds is 5. The largest absolute Gasteiger partial charge is 0.508 e. The molecule has 3 rings (SSSR count). The van der Waals surface area contributed by atoms with E-state index in [0.717, 1.165) is 18.5 Å². The van der Waals surface area contributed by atoms with Crippen LogP contribution in [0.15, 0.2) is 48.7 Å². The highest BCUT2D eigenvalue weighted by Crippen LogP contribution is 2.33. The fourth-order valence-corrected chi connectivity index (χ4v) is 3.00. The van der Waals surface area contributed by atoms with E-state index in [2.05, 4.69) is 16.0 Å². The molecule has 0 spiro atoms. The predicted octanol–water partition coefficient (Wildman–Crippen LogP) is 3.98. The number of nitrogen functional groups attached to an aromatic ring is 1. The molecule has 0 radical (unpaired) electrons. The van der Waals surface area contributed by atoms with Gasteiger partial charge in [0.2, 0.25) is 0 Å². The molecule has 0 fully saturated rings. The molecule has 0 saturated carbocycles. The molecule has 1 aromatic carbocycles. The molecule has 0 aliphatic heterocycles. The van der Waals surface area contributed by atoms with E-state index in [-0.39, 0.29) is 17.1 Å². The molecule has 8 nitrogen and oxygen atoms in total. The number of aryl methyl sites for hydroxylation is 2. The van der Waals surface area contributed by atoms with Crippen LogP contribution in [0.1, 0.15) is 28.9 Å². The van der Waals surface area contributed by atoms with Gasteiger partial charge in [-0.2, -0.15) is 23.7 Å². The summed E-state index contributed by atoms with van der Waals surface area (Å²) >= 11 is 0. The molecule has 0 amide bonds. The lowest BCUT2D eigenvalue weighted by molar-refractivity contribution is -0.192. The SMILES string of the molecule is N#Cc1c(N)nc(CCCc2ccccn2)c(C#N)c1-c1cccc(O)c1.O=C(O)C(F)(F)F. The van der Waals surface area contributed by atoms with E-state index >= 15 is 0 Å². The summed E-state index contributed by atoms with van der Waals surface area (Å²) in [4.78, 5) is 17.5. The maximum absolute atomic E-state index is 10.6. The molecule has 0 bridgehead atoms. The molecular weight excluding hydrogens is 451 g/mol. The number of hydrogen-bond donors (Lipinski definition) is 3. The lowest BCUT2D eigenvalue weighted by Crippen LogP contribution is -2.21. The van der Waals surface area contributed by atoms with Gasteiger partial charge < -0.3 is 15.9 Å². The van der Waals surface area contributed by atoms with Gasteiger partial charge in [0.05, 0.1) is 11.3 Å². The summed E-state index contributed by atoms with van der Waals surface area (Å²) in [5.74, 6) is -2.62. The number of aliphatic carboxylic acids is 1. The number of carboxylic acids is 1. The second-order valence-corrected chi connectivity index (χ2v) is 6.82. The van der Waals surface area contributed by atoms with Crippen molar-refractivity contribution in [2.75, 3.05) is 5.73 Å². The van der Waals surface area contributed by atoms with Crippen LogP contribution in [-0.4, -0.2) is 32.3 Å². The third-order valence-corrected chi connectivity index (χ3v) is 4.47. The summed E-state index contributed by atoms with van der Waals surface area (Å²) in [6.45, 7) is 0. The Morgan fingerprint density at radius 1 is 1.06 bits per heavy atom. The van der Waals surface area contributed by atoms with Crippen LogP contribution in [0, 0.1) is 22.7 Å². The van der Waals surface area contributed by atoms with Crippen molar-refractivity contribution in [3.63, 3.8) is 0 Å². The van der Waals surface area contributed by atoms with Gasteiger partial charge in [0.25, 0.3) is 0 Å². The minimum absolute atomic E-state index is 0.0485. The van der Waals surface area contributed by atoms with Crippen LogP contribution in [0.5, 0.6) is 5.75 Å². The number of carbonyl (C=O) groups is 1. The van der Waals surface area contributed by atoms with E-state index in [1.807, 2.05) is 24.3 Å². The van der Waals surface area contributed by atoms with Gasteiger partial charge in [-0.3, -0.25) is 4.98 Å². The van der Waals surface area contributed by atoms with Crippen LogP contribution in [0.3, 0.4) is 0 Å². The first-order chi connectivity index (χ1) is 16.1. The van der Waals surface area contributed by atoms with Gasteiger partial charge in [0.1, 0.15) is 29.3 Å². The molecule has 3 aromatic rings. The highest BCUT2D eigenvalue weighted by atomic mass is 19.4. The van der Waals surface area contributed by atoms with Crippen molar-refractivity contribution in [2.24, 2.45) is 0 Å². The molecule has 174 valence electrons. The Labute approximate surface area is 192 Å². The first-order valence-electron chi connectivity index (χ1n) is 9.70. The van der Waals surface area contributed by atoms with Crippen LogP contribution >= 0.6 is 0 Å². The van der Waals surface area contributed by atoms with Crippen LogP contribution in [0.4, 0.5) is 19.0 Å². The first kappa shape index (κ1) is 25.6. The third-order valence-electron chi connectivity index (χ3n) is 4.47. The molecular formula is C23H18F3N5O3. The molecule has 0 aliphatic rings. The summed E-state index contributed by atoms with van der Waals surface area (Å²) in [7, 11) is 0. The summed E-state index contributed by atoms with van der Waals surface area (Å²) in [6.07, 6.45) is -1.33. The van der Waals surface area contributed by atoms with E-state index in [1.54, 1.807) is 18.3 Å². The number of phenolic OH excluding ortho intramolecular Hbond substituents is 1. The van der Waals surface area contributed by atoms with Crippen molar-refractivity contribution in [3.05, 3.63) is 71.2 Å². The van der Waals surface area contributed by atoms with Crippen LogP contribution in [-0.2, 0) is 17.6 Å². The number of benzene rings is 1. The molecule has 2 aromatic heterocycles. The van der Waals surface area contributed by atoms with Crippen LogP contribution < -0.4 is 5.73 Å². The fourth-order valence-electron chi connectivity index (χ4n) is 3.00. The summed E-state index contributed by atoms with van der Waals surface area (Å²) in [5, 5.41) is 36.2. The van der Waals surface area contributed by atoms with Gasteiger partial charge in [-0.05, 0) is 49.1 Å². The number of alkyl halides is 3. The zero-order valence-electron chi connectivity index (χ0n) is 17.5. The van der Waals surface area contributed by atoms with Gasteiger partial charge in [-0.1, -0.05) is 18.2 Å². The summed E-state index contributed by atoms with van der Waals surface area (Å²) in [6, 6.07) is 16.4. The van der Waals surface area contributed by atoms with Crippen molar-refractivity contribution in [3.8, 4) is 29.0 Å². The third kappa shape index (κ3) is 6.68. The molecule has 11 heteroatoms. The van der Waals surface area contributed by atoms with E-state index in [0.29, 0.717) is 28.8 Å². The number of anilines is 1. The standard InChI is InChI=1S/C21H17N5O.C2HF3O2/c22-12-17-19(9-4-7-15-6-1-2-10-25-15)26-21(24)18(13-23)20(17)14-5-3-8-16(27)11-14;3-2(4,5)1(6)7/h1-3,5-6,8,10-11,27H,4,7,9H2,(H2,24,26);(H,6,7). The lowest BCUT2D eigenvalue weighted by atomic mass is 9.93. The van der Waals surface area contributed by atoms with Crippen molar-refractivity contribution in [2.45, 2.75) is 25.4 Å². The zero-order chi connectivity index (χ0) is 25.3. The number of nitrogens with two attached hydrogens (primary N) is 1. The minimum Gasteiger partial charge on any atom is -0.508 e. The maximum atomic E-state index is 10.6. The number of carboxylic acid groups (broad SMARTS) is 1. The predicted molar refractivity (Wildman–Crippen MR) is 115 cm³/mol. The van der Waals surface area contributed by atoms with Crippen molar-refractivity contribution < 1.29 is 28.2 Å². The molecule has 34 heavy (non-hydrogen) atoms.